The molecule has 124 valence electrons. The Hall–Kier alpha value is -1.95. The first-order chi connectivity index (χ1) is 11.0. The highest BCUT2D eigenvalue weighted by atomic mass is 16.1. The molecule has 0 bridgehead atoms. The van der Waals surface area contributed by atoms with E-state index in [1.165, 1.54) is 12.8 Å². The Bertz CT molecular complexity index is 732. The van der Waals surface area contributed by atoms with Gasteiger partial charge in [0.2, 0.25) is 0 Å². The van der Waals surface area contributed by atoms with E-state index in [2.05, 4.69) is 27.2 Å². The molecule has 1 amide bonds. The topological polar surface area (TPSA) is 63.1 Å². The van der Waals surface area contributed by atoms with Crippen LogP contribution in [0.2, 0.25) is 0 Å². The monoisotopic (exact) mass is 315 g/mol. The third kappa shape index (κ3) is 3.22. The summed E-state index contributed by atoms with van der Waals surface area (Å²) in [6.07, 6.45) is 2.58. The maximum absolute atomic E-state index is 12.6. The van der Waals surface area contributed by atoms with Gasteiger partial charge in [-0.05, 0) is 39.3 Å². The first kappa shape index (κ1) is 15.9. The zero-order valence-electron chi connectivity index (χ0n) is 14.4. The smallest absolute Gasteiger partial charge is 0.252 e. The Morgan fingerprint density at radius 1 is 1.43 bits per heavy atom. The number of fused-ring (bicyclic) bond motifs is 1. The maximum Gasteiger partial charge on any atom is 0.252 e. The van der Waals surface area contributed by atoms with E-state index in [9.17, 15) is 4.79 Å². The number of aryl methyl sites for hydroxylation is 3. The lowest BCUT2D eigenvalue weighted by Gasteiger charge is -2.19. The van der Waals surface area contributed by atoms with E-state index in [1.54, 1.807) is 4.68 Å². The van der Waals surface area contributed by atoms with Gasteiger partial charge < -0.3 is 5.32 Å². The van der Waals surface area contributed by atoms with Crippen LogP contribution in [0.1, 0.15) is 41.5 Å². The molecule has 1 fully saturated rings. The Morgan fingerprint density at radius 2 is 2.17 bits per heavy atom. The third-order valence-electron chi connectivity index (χ3n) is 4.50. The molecule has 0 radical (unpaired) electrons. The molecule has 3 rings (SSSR count). The van der Waals surface area contributed by atoms with Crippen molar-refractivity contribution < 1.29 is 4.79 Å². The molecule has 0 unspecified atom stereocenters. The normalized spacial score (nSPS) is 14.7. The predicted molar refractivity (Wildman–Crippen MR) is 90.6 cm³/mol. The molecule has 0 saturated heterocycles. The molecule has 1 N–H and O–H groups in total. The summed E-state index contributed by atoms with van der Waals surface area (Å²) in [5, 5.41) is 8.30. The van der Waals surface area contributed by atoms with Gasteiger partial charge in [-0.1, -0.05) is 6.92 Å². The van der Waals surface area contributed by atoms with E-state index in [1.807, 2.05) is 27.0 Å². The molecule has 2 aromatic heterocycles. The van der Waals surface area contributed by atoms with Crippen molar-refractivity contribution in [2.75, 3.05) is 19.6 Å². The number of pyridine rings is 1. The number of nitrogens with zero attached hydrogens (tertiary/aromatic N) is 4. The van der Waals surface area contributed by atoms with E-state index in [0.29, 0.717) is 12.1 Å². The molecule has 0 aromatic carbocycles. The van der Waals surface area contributed by atoms with Crippen LogP contribution in [0.15, 0.2) is 6.07 Å². The maximum atomic E-state index is 12.6. The number of hydrogen-bond acceptors (Lipinski definition) is 4. The van der Waals surface area contributed by atoms with Crippen molar-refractivity contribution in [1.82, 2.24) is 25.0 Å². The van der Waals surface area contributed by atoms with Crippen LogP contribution in [0.5, 0.6) is 0 Å². The molecule has 2 aromatic rings. The van der Waals surface area contributed by atoms with Gasteiger partial charge in [-0.15, -0.1) is 0 Å². The lowest BCUT2D eigenvalue weighted by Crippen LogP contribution is -2.36. The van der Waals surface area contributed by atoms with Crippen LogP contribution < -0.4 is 5.32 Å². The molecule has 0 aliphatic heterocycles. The molecular weight excluding hydrogens is 290 g/mol. The van der Waals surface area contributed by atoms with Gasteiger partial charge >= 0.3 is 0 Å². The summed E-state index contributed by atoms with van der Waals surface area (Å²) < 4.78 is 1.74. The van der Waals surface area contributed by atoms with Gasteiger partial charge in [0.1, 0.15) is 0 Å². The minimum absolute atomic E-state index is 0.0385. The number of aromatic nitrogens is 3. The number of amides is 1. The van der Waals surface area contributed by atoms with Crippen LogP contribution in [0.4, 0.5) is 0 Å². The van der Waals surface area contributed by atoms with Crippen LogP contribution in [0.25, 0.3) is 11.0 Å². The average Bonchev–Trinajstić information content (AvgIpc) is 3.30. The fourth-order valence-corrected chi connectivity index (χ4v) is 3.20. The number of hydrogen-bond donors (Lipinski definition) is 1. The fourth-order valence-electron chi connectivity index (χ4n) is 3.20. The molecule has 2 heterocycles. The van der Waals surface area contributed by atoms with Crippen molar-refractivity contribution in [3.05, 3.63) is 23.0 Å². The van der Waals surface area contributed by atoms with Gasteiger partial charge in [-0.3, -0.25) is 14.4 Å². The molecule has 23 heavy (non-hydrogen) atoms. The number of carbonyl (C=O) groups excluding carboxylic acids is 1. The number of carbonyl (C=O) groups is 1. The minimum Gasteiger partial charge on any atom is -0.351 e. The highest BCUT2D eigenvalue weighted by molar-refractivity contribution is 6.06. The Morgan fingerprint density at radius 3 is 2.83 bits per heavy atom. The molecule has 6 nitrogen and oxygen atoms in total. The first-order valence-electron chi connectivity index (χ1n) is 8.34. The lowest BCUT2D eigenvalue weighted by molar-refractivity contribution is 0.0949. The average molecular weight is 315 g/mol. The second kappa shape index (κ2) is 6.28. The summed E-state index contributed by atoms with van der Waals surface area (Å²) in [5.41, 5.74) is 3.11. The quantitative estimate of drug-likeness (QED) is 0.883. The third-order valence-corrected chi connectivity index (χ3v) is 4.50. The van der Waals surface area contributed by atoms with Gasteiger partial charge in [-0.25, -0.2) is 4.98 Å². The van der Waals surface area contributed by atoms with Gasteiger partial charge in [0.25, 0.3) is 5.91 Å². The zero-order valence-corrected chi connectivity index (χ0v) is 14.4. The number of likely N-dealkylation sites (N-methyl/N-ethyl adjacent to an activating group) is 1. The summed E-state index contributed by atoms with van der Waals surface area (Å²) in [6.45, 7) is 8.62. The largest absolute Gasteiger partial charge is 0.351 e. The minimum atomic E-state index is -0.0385. The lowest BCUT2D eigenvalue weighted by atomic mass is 10.1. The fraction of sp³-hybridized carbons (Fsp3) is 0.588. The van der Waals surface area contributed by atoms with Crippen molar-refractivity contribution in [3.63, 3.8) is 0 Å². The molecular formula is C17H25N5O. The Balaban J connectivity index is 1.75. The number of rotatable bonds is 6. The number of nitrogens with one attached hydrogen (secondary N) is 1. The molecule has 0 atom stereocenters. The first-order valence-corrected chi connectivity index (χ1v) is 8.34. The summed E-state index contributed by atoms with van der Waals surface area (Å²) in [5.74, 6) is -0.0385. The SMILES string of the molecule is CCN(CCNC(=O)c1cc(C)nc2c1c(C)nn2C)C1CC1. The molecule has 1 aliphatic rings. The zero-order chi connectivity index (χ0) is 16.6. The summed E-state index contributed by atoms with van der Waals surface area (Å²) in [7, 11) is 1.86. The Kier molecular flexibility index (Phi) is 4.35. The standard InChI is InChI=1S/C17H25N5O/c1-5-22(13-6-7-13)9-8-18-17(23)14-10-11(2)19-16-15(14)12(3)20-21(16)4/h10,13H,5-9H2,1-4H3,(H,18,23). The highest BCUT2D eigenvalue weighted by Crippen LogP contribution is 2.26. The van der Waals surface area contributed by atoms with Crippen LogP contribution >= 0.6 is 0 Å². The van der Waals surface area contributed by atoms with Gasteiger partial charge in [-0.2, -0.15) is 5.10 Å². The van der Waals surface area contributed by atoms with Crippen LogP contribution in [-0.4, -0.2) is 51.2 Å². The summed E-state index contributed by atoms with van der Waals surface area (Å²) in [6, 6.07) is 2.58. The van der Waals surface area contributed by atoms with Gasteiger partial charge in [0.05, 0.1) is 16.6 Å². The van der Waals surface area contributed by atoms with Crippen LogP contribution in [0.3, 0.4) is 0 Å². The van der Waals surface area contributed by atoms with Crippen molar-refractivity contribution >= 4 is 16.9 Å². The van der Waals surface area contributed by atoms with E-state index >= 15 is 0 Å². The van der Waals surface area contributed by atoms with Crippen molar-refractivity contribution in [3.8, 4) is 0 Å². The Labute approximate surface area is 136 Å². The second-order valence-corrected chi connectivity index (χ2v) is 6.33. The molecule has 1 saturated carbocycles. The van der Waals surface area contributed by atoms with Crippen molar-refractivity contribution in [2.24, 2.45) is 7.05 Å². The van der Waals surface area contributed by atoms with E-state index in [0.717, 1.165) is 41.6 Å². The van der Waals surface area contributed by atoms with Gasteiger partial charge in [0, 0.05) is 31.9 Å². The van der Waals surface area contributed by atoms with E-state index in [-0.39, 0.29) is 5.91 Å². The van der Waals surface area contributed by atoms with Crippen LogP contribution in [0, 0.1) is 13.8 Å². The summed E-state index contributed by atoms with van der Waals surface area (Å²) >= 11 is 0. The second-order valence-electron chi connectivity index (χ2n) is 6.33. The van der Waals surface area contributed by atoms with E-state index in [4.69, 9.17) is 0 Å². The van der Waals surface area contributed by atoms with Crippen molar-refractivity contribution in [2.45, 2.75) is 39.7 Å². The molecule has 6 heteroatoms. The summed E-state index contributed by atoms with van der Waals surface area (Å²) in [4.78, 5) is 19.6. The van der Waals surface area contributed by atoms with Crippen LogP contribution in [-0.2, 0) is 7.05 Å². The van der Waals surface area contributed by atoms with Crippen molar-refractivity contribution in [1.29, 1.82) is 0 Å². The molecule has 0 spiro atoms. The highest BCUT2D eigenvalue weighted by Gasteiger charge is 2.27. The predicted octanol–water partition coefficient (Wildman–Crippen LogP) is 1.80. The van der Waals surface area contributed by atoms with E-state index < -0.39 is 0 Å². The molecule has 1 aliphatic carbocycles. The van der Waals surface area contributed by atoms with Gasteiger partial charge in [0.15, 0.2) is 5.65 Å².